The Balaban J connectivity index is 1.64. The van der Waals surface area contributed by atoms with E-state index in [1.54, 1.807) is 30.7 Å². The lowest BCUT2D eigenvalue weighted by Gasteiger charge is -2.15. The molecule has 1 atom stereocenters. The smallest absolute Gasteiger partial charge is 0.241 e. The van der Waals surface area contributed by atoms with Crippen LogP contribution >= 0.6 is 0 Å². The van der Waals surface area contributed by atoms with Crippen LogP contribution in [0.5, 0.6) is 11.5 Å². The third-order valence-electron chi connectivity index (χ3n) is 4.95. The Bertz CT molecular complexity index is 1160. The highest BCUT2D eigenvalue weighted by molar-refractivity contribution is 7.89. The van der Waals surface area contributed by atoms with Crippen LogP contribution in [0.4, 0.5) is 0 Å². The largest absolute Gasteiger partial charge is 0.496 e. The maximum Gasteiger partial charge on any atom is 0.241 e. The summed E-state index contributed by atoms with van der Waals surface area (Å²) in [7, 11) is -0.482. The molecule has 1 unspecified atom stereocenters. The van der Waals surface area contributed by atoms with E-state index in [-0.39, 0.29) is 4.90 Å². The fraction of sp³-hybridized carbons (Fsp3) is 0.300. The van der Waals surface area contributed by atoms with E-state index in [0.717, 1.165) is 28.9 Å². The quantitative estimate of drug-likeness (QED) is 0.666. The molecule has 8 nitrogen and oxygen atoms in total. The molecular weight excluding hydrogens is 392 g/mol. The third-order valence-corrected chi connectivity index (χ3v) is 6.49. The van der Waals surface area contributed by atoms with Crippen molar-refractivity contribution in [1.82, 2.24) is 19.5 Å². The molecule has 29 heavy (non-hydrogen) atoms. The molecule has 2 heterocycles. The molecule has 0 bridgehead atoms. The zero-order valence-corrected chi connectivity index (χ0v) is 17.2. The zero-order chi connectivity index (χ0) is 20.6. The first-order chi connectivity index (χ1) is 13.9. The second kappa shape index (κ2) is 7.49. The van der Waals surface area contributed by atoms with Crippen molar-refractivity contribution in [3.63, 3.8) is 0 Å². The molecule has 1 aromatic heterocycles. The van der Waals surface area contributed by atoms with Crippen LogP contribution < -0.4 is 14.2 Å². The Labute approximate surface area is 169 Å². The second-order valence-corrected chi connectivity index (χ2v) is 8.64. The number of hydrogen-bond donors (Lipinski definition) is 1. The fourth-order valence-electron chi connectivity index (χ4n) is 3.47. The van der Waals surface area contributed by atoms with Crippen LogP contribution in [0.25, 0.3) is 11.1 Å². The van der Waals surface area contributed by atoms with Gasteiger partial charge in [-0.15, -0.1) is 10.2 Å². The number of aryl methyl sites for hydroxylation is 1. The number of ether oxygens (including phenoxy) is 2. The zero-order valence-electron chi connectivity index (χ0n) is 16.4. The minimum absolute atomic E-state index is 0.122. The van der Waals surface area contributed by atoms with Crippen LogP contribution in [0.1, 0.15) is 24.4 Å². The van der Waals surface area contributed by atoms with Crippen LogP contribution in [0, 0.1) is 0 Å². The first-order valence-corrected chi connectivity index (χ1v) is 10.7. The van der Waals surface area contributed by atoms with E-state index in [1.807, 2.05) is 12.1 Å². The van der Waals surface area contributed by atoms with Crippen LogP contribution in [-0.2, 0) is 23.5 Å². The molecule has 0 saturated heterocycles. The number of nitrogens with one attached hydrogen (secondary N) is 1. The van der Waals surface area contributed by atoms with Crippen molar-refractivity contribution < 1.29 is 17.9 Å². The van der Waals surface area contributed by atoms with Gasteiger partial charge < -0.3 is 14.0 Å². The van der Waals surface area contributed by atoms with Crippen LogP contribution in [0.3, 0.4) is 0 Å². The van der Waals surface area contributed by atoms with Gasteiger partial charge in [-0.25, -0.2) is 13.1 Å². The molecule has 0 spiro atoms. The standard InChI is InChI=1S/C20H22N4O4S/c1-13(20-22-21-12-24(20)2)23-29(25,26)16-5-6-17(19(11-16)27-3)14-4-7-18-15(10-14)8-9-28-18/h4-7,10-13,23H,8-9H2,1-3H3. The average Bonchev–Trinajstić information content (AvgIpc) is 3.35. The van der Waals surface area contributed by atoms with Gasteiger partial charge in [-0.2, -0.15) is 0 Å². The average molecular weight is 414 g/mol. The summed E-state index contributed by atoms with van der Waals surface area (Å²) in [5.41, 5.74) is 2.92. The molecule has 0 aliphatic carbocycles. The van der Waals surface area contributed by atoms with E-state index in [0.29, 0.717) is 18.2 Å². The molecule has 1 N–H and O–H groups in total. The highest BCUT2D eigenvalue weighted by Crippen LogP contribution is 2.36. The molecule has 1 aliphatic heterocycles. The number of sulfonamides is 1. The van der Waals surface area contributed by atoms with Gasteiger partial charge in [0.1, 0.15) is 23.7 Å². The Hall–Kier alpha value is -2.91. The van der Waals surface area contributed by atoms with Crippen molar-refractivity contribution >= 4 is 10.0 Å². The number of rotatable bonds is 6. The van der Waals surface area contributed by atoms with Crippen molar-refractivity contribution in [1.29, 1.82) is 0 Å². The lowest BCUT2D eigenvalue weighted by Crippen LogP contribution is -2.28. The van der Waals surface area contributed by atoms with Gasteiger partial charge in [0, 0.05) is 25.1 Å². The summed E-state index contributed by atoms with van der Waals surface area (Å²) in [6.45, 7) is 2.41. The summed E-state index contributed by atoms with van der Waals surface area (Å²) in [5, 5.41) is 7.75. The van der Waals surface area contributed by atoms with Crippen molar-refractivity contribution in [3.8, 4) is 22.6 Å². The number of hydrogen-bond acceptors (Lipinski definition) is 6. The minimum atomic E-state index is -3.77. The molecular formula is C20H22N4O4S. The maximum atomic E-state index is 12.9. The fourth-order valence-corrected chi connectivity index (χ4v) is 4.69. The normalized spacial score (nSPS) is 14.3. The second-order valence-electron chi connectivity index (χ2n) is 6.93. The lowest BCUT2D eigenvalue weighted by atomic mass is 10.0. The predicted octanol–water partition coefficient (Wildman–Crippen LogP) is 2.47. The summed E-state index contributed by atoms with van der Waals surface area (Å²) in [5.74, 6) is 1.91. The van der Waals surface area contributed by atoms with Crippen molar-refractivity contribution in [2.45, 2.75) is 24.3 Å². The topological polar surface area (TPSA) is 95.3 Å². The molecule has 9 heteroatoms. The SMILES string of the molecule is COc1cc(S(=O)(=O)NC(C)c2nncn2C)ccc1-c1ccc2c(c1)CCO2. The van der Waals surface area contributed by atoms with Crippen LogP contribution in [0.15, 0.2) is 47.6 Å². The van der Waals surface area contributed by atoms with E-state index in [4.69, 9.17) is 9.47 Å². The van der Waals surface area contributed by atoms with Gasteiger partial charge in [0.15, 0.2) is 0 Å². The van der Waals surface area contributed by atoms with Crippen molar-refractivity contribution in [2.75, 3.05) is 13.7 Å². The highest BCUT2D eigenvalue weighted by atomic mass is 32.2. The summed E-state index contributed by atoms with van der Waals surface area (Å²) in [4.78, 5) is 0.122. The van der Waals surface area contributed by atoms with Gasteiger partial charge in [-0.3, -0.25) is 0 Å². The predicted molar refractivity (Wildman–Crippen MR) is 107 cm³/mol. The van der Waals surface area contributed by atoms with Crippen molar-refractivity contribution in [3.05, 3.63) is 54.1 Å². The first-order valence-electron chi connectivity index (χ1n) is 9.19. The maximum absolute atomic E-state index is 12.9. The minimum Gasteiger partial charge on any atom is -0.496 e. The first kappa shape index (κ1) is 19.4. The van der Waals surface area contributed by atoms with E-state index in [9.17, 15) is 8.42 Å². The van der Waals surface area contributed by atoms with Gasteiger partial charge in [-0.1, -0.05) is 6.07 Å². The molecule has 152 valence electrons. The summed E-state index contributed by atoms with van der Waals surface area (Å²) < 4.78 is 41.1. The molecule has 0 amide bonds. The van der Waals surface area contributed by atoms with Crippen LogP contribution in [0.2, 0.25) is 0 Å². The number of methoxy groups -OCH3 is 1. The van der Waals surface area contributed by atoms with Gasteiger partial charge >= 0.3 is 0 Å². The molecule has 1 aliphatic rings. The monoisotopic (exact) mass is 414 g/mol. The summed E-state index contributed by atoms with van der Waals surface area (Å²) >= 11 is 0. The van der Waals surface area contributed by atoms with Gasteiger partial charge in [0.25, 0.3) is 0 Å². The Morgan fingerprint density at radius 3 is 2.79 bits per heavy atom. The highest BCUT2D eigenvalue weighted by Gasteiger charge is 2.23. The summed E-state index contributed by atoms with van der Waals surface area (Å²) in [6, 6.07) is 10.3. The third kappa shape index (κ3) is 3.70. The number of aromatic nitrogens is 3. The Morgan fingerprint density at radius 2 is 2.07 bits per heavy atom. The summed E-state index contributed by atoms with van der Waals surface area (Å²) in [6.07, 6.45) is 2.39. The van der Waals surface area contributed by atoms with E-state index < -0.39 is 16.1 Å². The van der Waals surface area contributed by atoms with Gasteiger partial charge in [-0.05, 0) is 42.3 Å². The van der Waals surface area contributed by atoms with E-state index in [2.05, 4.69) is 21.0 Å². The molecule has 4 rings (SSSR count). The molecule has 2 aromatic carbocycles. The molecule has 0 radical (unpaired) electrons. The van der Waals surface area contributed by atoms with Gasteiger partial charge in [0.05, 0.1) is 24.7 Å². The number of benzene rings is 2. The number of fused-ring (bicyclic) bond motifs is 1. The van der Waals surface area contributed by atoms with E-state index >= 15 is 0 Å². The van der Waals surface area contributed by atoms with Crippen molar-refractivity contribution in [2.24, 2.45) is 7.05 Å². The Morgan fingerprint density at radius 1 is 1.24 bits per heavy atom. The number of nitrogens with zero attached hydrogens (tertiary/aromatic N) is 3. The Kier molecular flexibility index (Phi) is 5.01. The van der Waals surface area contributed by atoms with E-state index in [1.165, 1.54) is 19.5 Å². The lowest BCUT2D eigenvalue weighted by molar-refractivity contribution is 0.357. The molecule has 3 aromatic rings. The van der Waals surface area contributed by atoms with Crippen LogP contribution in [-0.4, -0.2) is 36.9 Å². The molecule has 0 fully saturated rings. The molecule has 0 saturated carbocycles. The van der Waals surface area contributed by atoms with Gasteiger partial charge in [0.2, 0.25) is 10.0 Å².